The van der Waals surface area contributed by atoms with Gasteiger partial charge in [-0.2, -0.15) is 5.10 Å². The number of aromatic nitrogens is 7. The molecular formula is C26H21FN8OS. The summed E-state index contributed by atoms with van der Waals surface area (Å²) in [6, 6.07) is 7.44. The summed E-state index contributed by atoms with van der Waals surface area (Å²) in [6.07, 6.45) is 6.58. The molecule has 0 fully saturated rings. The first-order valence-corrected chi connectivity index (χ1v) is 12.5. The van der Waals surface area contributed by atoms with Crippen molar-refractivity contribution >= 4 is 45.0 Å². The fourth-order valence-electron chi connectivity index (χ4n) is 4.21. The summed E-state index contributed by atoms with van der Waals surface area (Å²) in [7, 11) is 0. The zero-order valence-corrected chi connectivity index (χ0v) is 20.7. The highest BCUT2D eigenvalue weighted by Gasteiger charge is 2.22. The molecule has 0 spiro atoms. The van der Waals surface area contributed by atoms with Crippen LogP contribution in [0.3, 0.4) is 0 Å². The van der Waals surface area contributed by atoms with Gasteiger partial charge >= 0.3 is 0 Å². The average Bonchev–Trinajstić information content (AvgIpc) is 3.62. The number of carbonyl (C=O) groups excluding carboxylic acids is 1. The smallest absolute Gasteiger partial charge is 0.224 e. The van der Waals surface area contributed by atoms with E-state index in [-0.39, 0.29) is 22.8 Å². The molecule has 37 heavy (non-hydrogen) atoms. The minimum atomic E-state index is -0.515. The first-order chi connectivity index (χ1) is 18.0. The lowest BCUT2D eigenvalue weighted by Gasteiger charge is -2.09. The van der Waals surface area contributed by atoms with Crippen LogP contribution in [-0.4, -0.2) is 41.0 Å². The summed E-state index contributed by atoms with van der Waals surface area (Å²) in [5, 5.41) is 12.1. The van der Waals surface area contributed by atoms with Crippen molar-refractivity contribution < 1.29 is 9.18 Å². The molecule has 0 aliphatic carbocycles. The Morgan fingerprint density at radius 2 is 2.05 bits per heavy atom. The predicted octanol–water partition coefficient (Wildman–Crippen LogP) is 5.81. The van der Waals surface area contributed by atoms with Gasteiger partial charge in [0.15, 0.2) is 11.5 Å². The van der Waals surface area contributed by atoms with E-state index in [9.17, 15) is 4.79 Å². The topological polar surface area (TPSA) is 125 Å². The highest BCUT2D eigenvalue weighted by atomic mass is 32.1. The maximum Gasteiger partial charge on any atom is 0.224 e. The largest absolute Gasteiger partial charge is 0.336 e. The van der Waals surface area contributed by atoms with Crippen LogP contribution in [0.2, 0.25) is 0 Å². The molecule has 0 atom stereocenters. The minimum absolute atomic E-state index is 0.124. The maximum absolute atomic E-state index is 16.0. The monoisotopic (exact) mass is 512 g/mol. The van der Waals surface area contributed by atoms with Crippen LogP contribution < -0.4 is 5.32 Å². The quantitative estimate of drug-likeness (QED) is 0.259. The number of carbonyl (C=O) groups is 1. The third-order valence-corrected chi connectivity index (χ3v) is 6.71. The number of pyridine rings is 3. The highest BCUT2D eigenvalue weighted by molar-refractivity contribution is 7.13. The Labute approximate surface area is 214 Å². The van der Waals surface area contributed by atoms with E-state index in [1.807, 2.05) is 37.4 Å². The highest BCUT2D eigenvalue weighted by Crippen LogP contribution is 2.35. The van der Waals surface area contributed by atoms with Crippen molar-refractivity contribution in [3.05, 3.63) is 60.3 Å². The van der Waals surface area contributed by atoms with Gasteiger partial charge in [0.2, 0.25) is 5.91 Å². The van der Waals surface area contributed by atoms with Gasteiger partial charge in [-0.1, -0.05) is 19.9 Å². The van der Waals surface area contributed by atoms with Crippen LogP contribution in [0.5, 0.6) is 0 Å². The van der Waals surface area contributed by atoms with Crippen molar-refractivity contribution in [2.45, 2.75) is 20.3 Å². The molecule has 0 saturated heterocycles. The van der Waals surface area contributed by atoms with Gasteiger partial charge in [0.05, 0.1) is 27.7 Å². The van der Waals surface area contributed by atoms with Gasteiger partial charge in [-0.25, -0.2) is 14.4 Å². The predicted molar refractivity (Wildman–Crippen MR) is 141 cm³/mol. The molecule has 1 amide bonds. The molecule has 184 valence electrons. The van der Waals surface area contributed by atoms with Crippen molar-refractivity contribution in [2.24, 2.45) is 5.92 Å². The second-order valence-corrected chi connectivity index (χ2v) is 9.96. The van der Waals surface area contributed by atoms with E-state index in [0.717, 1.165) is 16.1 Å². The Morgan fingerprint density at radius 1 is 1.16 bits per heavy atom. The van der Waals surface area contributed by atoms with Crippen LogP contribution in [0, 0.1) is 11.7 Å². The molecule has 6 heterocycles. The van der Waals surface area contributed by atoms with Crippen molar-refractivity contribution in [2.75, 3.05) is 5.32 Å². The normalized spacial score (nSPS) is 11.6. The molecule has 3 N–H and O–H groups in total. The molecule has 6 rings (SSSR count). The van der Waals surface area contributed by atoms with Gasteiger partial charge in [0, 0.05) is 36.1 Å². The molecule has 0 aliphatic rings. The van der Waals surface area contributed by atoms with Gasteiger partial charge < -0.3 is 10.3 Å². The summed E-state index contributed by atoms with van der Waals surface area (Å²) in [6.45, 7) is 3.93. The second kappa shape index (κ2) is 9.17. The molecular weight excluding hydrogens is 491 g/mol. The van der Waals surface area contributed by atoms with E-state index in [2.05, 4.69) is 35.5 Å². The number of imidazole rings is 1. The summed E-state index contributed by atoms with van der Waals surface area (Å²) in [5.41, 5.74) is 4.00. The van der Waals surface area contributed by atoms with Crippen LogP contribution in [0.1, 0.15) is 20.3 Å². The van der Waals surface area contributed by atoms with E-state index in [1.54, 1.807) is 23.6 Å². The van der Waals surface area contributed by atoms with Crippen molar-refractivity contribution in [1.82, 2.24) is 35.1 Å². The number of hydrogen-bond acceptors (Lipinski definition) is 7. The van der Waals surface area contributed by atoms with Gasteiger partial charge in [-0.05, 0) is 29.5 Å². The van der Waals surface area contributed by atoms with Crippen LogP contribution >= 0.6 is 11.3 Å². The van der Waals surface area contributed by atoms with Crippen molar-refractivity contribution in [3.63, 3.8) is 0 Å². The minimum Gasteiger partial charge on any atom is -0.336 e. The number of nitrogens with one attached hydrogen (secondary N) is 3. The zero-order valence-electron chi connectivity index (χ0n) is 19.9. The molecule has 0 aromatic carbocycles. The lowest BCUT2D eigenvalue weighted by Crippen LogP contribution is -2.14. The lowest BCUT2D eigenvalue weighted by molar-refractivity contribution is -0.116. The van der Waals surface area contributed by atoms with Gasteiger partial charge in [0.25, 0.3) is 0 Å². The summed E-state index contributed by atoms with van der Waals surface area (Å²) in [5.74, 6) is -0.0208. The molecule has 6 aromatic heterocycles. The standard InChI is InChI=1S/C26H21FN8OS/c1-13(2)8-19(36)31-15-9-14(10-28-11-15)16-12-30-25-20(21(16)27)24(34-35-25)26-32-17-5-6-29-23(22(17)33-26)18-4-3-7-37-18/h3-7,9-13H,8H2,1-2H3,(H,31,36)(H,32,33)(H,30,34,35). The molecule has 0 aliphatic heterocycles. The van der Waals surface area contributed by atoms with Crippen molar-refractivity contribution in [3.8, 4) is 33.2 Å². The van der Waals surface area contributed by atoms with Crippen LogP contribution in [0.25, 0.3) is 55.3 Å². The molecule has 9 nitrogen and oxygen atoms in total. The number of hydrogen-bond donors (Lipinski definition) is 3. The van der Waals surface area contributed by atoms with E-state index < -0.39 is 5.82 Å². The van der Waals surface area contributed by atoms with E-state index in [4.69, 9.17) is 4.98 Å². The number of aromatic amines is 2. The number of amides is 1. The van der Waals surface area contributed by atoms with Crippen LogP contribution in [0.4, 0.5) is 10.1 Å². The Balaban J connectivity index is 1.42. The number of H-pyrrole nitrogens is 2. The lowest BCUT2D eigenvalue weighted by atomic mass is 10.1. The van der Waals surface area contributed by atoms with Crippen molar-refractivity contribution in [1.29, 1.82) is 0 Å². The number of thiophene rings is 1. The van der Waals surface area contributed by atoms with Gasteiger partial charge in [-0.15, -0.1) is 11.3 Å². The number of halogens is 1. The summed E-state index contributed by atoms with van der Waals surface area (Å²) >= 11 is 1.57. The first-order valence-electron chi connectivity index (χ1n) is 11.6. The molecule has 0 bridgehead atoms. The first kappa shape index (κ1) is 22.9. The zero-order chi connectivity index (χ0) is 25.5. The second-order valence-electron chi connectivity index (χ2n) is 9.01. The number of nitrogens with zero attached hydrogens (tertiary/aromatic N) is 5. The molecule has 0 radical (unpaired) electrons. The average molecular weight is 513 g/mol. The van der Waals surface area contributed by atoms with E-state index in [0.29, 0.717) is 40.4 Å². The fourth-order valence-corrected chi connectivity index (χ4v) is 4.93. The molecule has 0 unspecified atom stereocenters. The number of anilines is 1. The third-order valence-electron chi connectivity index (χ3n) is 5.83. The maximum atomic E-state index is 16.0. The summed E-state index contributed by atoms with van der Waals surface area (Å²) in [4.78, 5) is 34.2. The molecule has 6 aromatic rings. The van der Waals surface area contributed by atoms with Gasteiger partial charge in [0.1, 0.15) is 22.7 Å². The molecule has 11 heteroatoms. The van der Waals surface area contributed by atoms with Crippen LogP contribution in [-0.2, 0) is 4.79 Å². The Hall–Kier alpha value is -4.51. The summed E-state index contributed by atoms with van der Waals surface area (Å²) < 4.78 is 16.0. The number of rotatable bonds is 6. The SMILES string of the molecule is CC(C)CC(=O)Nc1cncc(-c2cnc3[nH]nc(-c4nc5c(-c6cccs6)nccc5[nH]4)c3c2F)c1. The Bertz CT molecular complexity index is 1760. The van der Waals surface area contributed by atoms with E-state index in [1.165, 1.54) is 18.6 Å². The molecule has 0 saturated carbocycles. The Kier molecular flexibility index (Phi) is 5.68. The third kappa shape index (κ3) is 4.23. The van der Waals surface area contributed by atoms with Gasteiger partial charge in [-0.3, -0.25) is 19.9 Å². The number of fused-ring (bicyclic) bond motifs is 2. The van der Waals surface area contributed by atoms with Crippen LogP contribution in [0.15, 0.2) is 54.4 Å². The Morgan fingerprint density at radius 3 is 2.86 bits per heavy atom. The fraction of sp³-hybridized carbons (Fsp3) is 0.154. The van der Waals surface area contributed by atoms with E-state index >= 15 is 4.39 Å².